The van der Waals surface area contributed by atoms with Crippen molar-refractivity contribution in [3.63, 3.8) is 0 Å². The molecule has 1 aliphatic rings. The van der Waals surface area contributed by atoms with Crippen LogP contribution >= 0.6 is 0 Å². The summed E-state index contributed by atoms with van der Waals surface area (Å²) >= 11 is 0. The lowest BCUT2D eigenvalue weighted by Crippen LogP contribution is -2.52. The van der Waals surface area contributed by atoms with Crippen LogP contribution in [0, 0.1) is 0 Å². The summed E-state index contributed by atoms with van der Waals surface area (Å²) in [5, 5.41) is 19.0. The van der Waals surface area contributed by atoms with Crippen molar-refractivity contribution in [1.29, 1.82) is 0 Å². The summed E-state index contributed by atoms with van der Waals surface area (Å²) in [5.74, 6) is -1.15. The van der Waals surface area contributed by atoms with Gasteiger partial charge in [0.15, 0.2) is 5.69 Å². The predicted molar refractivity (Wildman–Crippen MR) is 71.9 cm³/mol. The lowest BCUT2D eigenvalue weighted by molar-refractivity contribution is -0.124. The minimum Gasteiger partial charge on any atom is -0.476 e. The Hall–Kier alpha value is -2.00. The van der Waals surface area contributed by atoms with E-state index in [9.17, 15) is 9.59 Å². The highest BCUT2D eigenvalue weighted by atomic mass is 16.5. The van der Waals surface area contributed by atoms with Gasteiger partial charge in [-0.25, -0.2) is 9.48 Å². The lowest BCUT2D eigenvalue weighted by atomic mass is 10.1. The minimum atomic E-state index is -1.09. The Bertz CT molecular complexity index is 512. The lowest BCUT2D eigenvalue weighted by Gasteiger charge is -2.38. The van der Waals surface area contributed by atoms with Crippen molar-refractivity contribution < 1.29 is 19.4 Å². The third-order valence-electron chi connectivity index (χ3n) is 3.23. The monoisotopic (exact) mass is 297 g/mol. The number of rotatable bonds is 7. The second-order valence-electron chi connectivity index (χ2n) is 5.16. The number of nitrogens with zero attached hydrogens (tertiary/aromatic N) is 4. The fourth-order valence-corrected chi connectivity index (χ4v) is 2.21. The molecule has 2 rings (SSSR count). The van der Waals surface area contributed by atoms with Gasteiger partial charge in [0.2, 0.25) is 5.91 Å². The SMILES string of the molecule is COCC(C)NC(=O)CN1CC(n2cc(C(=O)O)nn2)C1. The first-order chi connectivity index (χ1) is 9.99. The van der Waals surface area contributed by atoms with Crippen molar-refractivity contribution in [3.05, 3.63) is 11.9 Å². The Morgan fingerprint density at radius 1 is 1.57 bits per heavy atom. The maximum atomic E-state index is 11.7. The van der Waals surface area contributed by atoms with Gasteiger partial charge < -0.3 is 15.2 Å². The van der Waals surface area contributed by atoms with Crippen LogP contribution in [0.4, 0.5) is 0 Å². The number of ether oxygens (including phenoxy) is 1. The third kappa shape index (κ3) is 3.99. The molecule has 1 aliphatic heterocycles. The van der Waals surface area contributed by atoms with Crippen molar-refractivity contribution in [2.75, 3.05) is 33.4 Å². The molecule has 9 heteroatoms. The topological polar surface area (TPSA) is 110 Å². The van der Waals surface area contributed by atoms with E-state index in [-0.39, 0.29) is 23.7 Å². The van der Waals surface area contributed by atoms with Gasteiger partial charge in [-0.1, -0.05) is 5.21 Å². The molecule has 1 saturated heterocycles. The van der Waals surface area contributed by atoms with Crippen LogP contribution in [0.25, 0.3) is 0 Å². The maximum absolute atomic E-state index is 11.7. The van der Waals surface area contributed by atoms with Gasteiger partial charge in [-0.15, -0.1) is 5.10 Å². The quantitative estimate of drug-likeness (QED) is 0.663. The van der Waals surface area contributed by atoms with E-state index in [0.29, 0.717) is 26.2 Å². The number of carbonyl (C=O) groups excluding carboxylic acids is 1. The second-order valence-corrected chi connectivity index (χ2v) is 5.16. The molecule has 0 radical (unpaired) electrons. The van der Waals surface area contributed by atoms with Gasteiger partial charge in [0, 0.05) is 26.2 Å². The average molecular weight is 297 g/mol. The van der Waals surface area contributed by atoms with Crippen molar-refractivity contribution in [3.8, 4) is 0 Å². The molecular formula is C12H19N5O4. The van der Waals surface area contributed by atoms with Crippen LogP contribution in [0.1, 0.15) is 23.5 Å². The van der Waals surface area contributed by atoms with E-state index in [1.807, 2.05) is 11.8 Å². The number of carboxylic acid groups (broad SMARTS) is 1. The highest BCUT2D eigenvalue weighted by Gasteiger charge is 2.31. The molecule has 1 amide bonds. The smallest absolute Gasteiger partial charge is 0.358 e. The number of methoxy groups -OCH3 is 1. The van der Waals surface area contributed by atoms with Crippen LogP contribution in [0.5, 0.6) is 0 Å². The minimum absolute atomic E-state index is 0.0204. The third-order valence-corrected chi connectivity index (χ3v) is 3.23. The summed E-state index contributed by atoms with van der Waals surface area (Å²) in [6.07, 6.45) is 1.41. The van der Waals surface area contributed by atoms with Gasteiger partial charge in [-0.2, -0.15) is 0 Å². The first kappa shape index (κ1) is 15.4. The molecule has 116 valence electrons. The molecule has 1 aromatic rings. The summed E-state index contributed by atoms with van der Waals surface area (Å²) in [4.78, 5) is 24.4. The first-order valence-corrected chi connectivity index (χ1v) is 6.65. The van der Waals surface area contributed by atoms with Gasteiger partial charge in [-0.05, 0) is 6.92 Å². The summed E-state index contributed by atoms with van der Waals surface area (Å²) < 4.78 is 6.48. The molecule has 21 heavy (non-hydrogen) atoms. The number of hydrogen-bond donors (Lipinski definition) is 2. The zero-order valence-corrected chi connectivity index (χ0v) is 12.0. The molecule has 9 nitrogen and oxygen atoms in total. The molecule has 0 spiro atoms. The summed E-state index contributed by atoms with van der Waals surface area (Å²) in [6, 6.07) is 0.0443. The highest BCUT2D eigenvalue weighted by molar-refractivity contribution is 5.84. The van der Waals surface area contributed by atoms with Crippen molar-refractivity contribution in [2.45, 2.75) is 19.0 Å². The molecular weight excluding hydrogens is 278 g/mol. The van der Waals surface area contributed by atoms with Gasteiger partial charge in [0.25, 0.3) is 0 Å². The van der Waals surface area contributed by atoms with E-state index in [1.165, 1.54) is 10.9 Å². The Balaban J connectivity index is 1.73. The van der Waals surface area contributed by atoms with Gasteiger partial charge in [0.1, 0.15) is 0 Å². The number of carboxylic acids is 1. The van der Waals surface area contributed by atoms with Crippen molar-refractivity contribution >= 4 is 11.9 Å². The molecule has 0 saturated carbocycles. The summed E-state index contributed by atoms with van der Waals surface area (Å²) in [7, 11) is 1.59. The number of aromatic nitrogens is 3. The predicted octanol–water partition coefficient (Wildman–Crippen LogP) is -1.02. The molecule has 2 heterocycles. The van der Waals surface area contributed by atoms with E-state index in [4.69, 9.17) is 9.84 Å². The zero-order chi connectivity index (χ0) is 15.4. The molecule has 0 aliphatic carbocycles. The zero-order valence-electron chi connectivity index (χ0n) is 12.0. The normalized spacial score (nSPS) is 17.2. The Morgan fingerprint density at radius 2 is 2.29 bits per heavy atom. The molecule has 0 bridgehead atoms. The van der Waals surface area contributed by atoms with Crippen LogP contribution in [0.2, 0.25) is 0 Å². The summed E-state index contributed by atoms with van der Waals surface area (Å²) in [5.41, 5.74) is -0.0698. The highest BCUT2D eigenvalue weighted by Crippen LogP contribution is 2.19. The molecule has 1 unspecified atom stereocenters. The number of hydrogen-bond acceptors (Lipinski definition) is 6. The largest absolute Gasteiger partial charge is 0.476 e. The van der Waals surface area contributed by atoms with E-state index < -0.39 is 5.97 Å². The molecule has 2 N–H and O–H groups in total. The maximum Gasteiger partial charge on any atom is 0.358 e. The number of amides is 1. The first-order valence-electron chi connectivity index (χ1n) is 6.65. The van der Waals surface area contributed by atoms with Crippen molar-refractivity contribution in [1.82, 2.24) is 25.2 Å². The number of aromatic carboxylic acids is 1. The molecule has 1 aromatic heterocycles. The van der Waals surface area contributed by atoms with E-state index in [0.717, 1.165) is 0 Å². The van der Waals surface area contributed by atoms with E-state index in [2.05, 4.69) is 15.6 Å². The van der Waals surface area contributed by atoms with Crippen molar-refractivity contribution in [2.24, 2.45) is 0 Å². The van der Waals surface area contributed by atoms with Gasteiger partial charge >= 0.3 is 5.97 Å². The standard InChI is InChI=1S/C12H19N5O4/c1-8(7-21-2)13-11(18)6-16-3-9(4-16)17-5-10(12(19)20)14-15-17/h5,8-9H,3-4,6-7H2,1-2H3,(H,13,18)(H,19,20). The fourth-order valence-electron chi connectivity index (χ4n) is 2.21. The molecule has 1 atom stereocenters. The summed E-state index contributed by atoms with van der Waals surface area (Å²) in [6.45, 7) is 3.96. The molecule has 0 aromatic carbocycles. The van der Waals surface area contributed by atoms with Crippen LogP contribution < -0.4 is 5.32 Å². The van der Waals surface area contributed by atoms with Crippen LogP contribution in [0.15, 0.2) is 6.20 Å². The number of likely N-dealkylation sites (tertiary alicyclic amines) is 1. The molecule has 1 fully saturated rings. The Morgan fingerprint density at radius 3 is 2.86 bits per heavy atom. The average Bonchev–Trinajstić information content (AvgIpc) is 2.82. The second kappa shape index (κ2) is 6.64. The van der Waals surface area contributed by atoms with Gasteiger partial charge in [-0.3, -0.25) is 9.69 Å². The van der Waals surface area contributed by atoms with Crippen LogP contribution in [-0.4, -0.2) is 76.3 Å². The Labute approximate surface area is 121 Å². The fraction of sp³-hybridized carbons (Fsp3) is 0.667. The van der Waals surface area contributed by atoms with Crippen LogP contribution in [-0.2, 0) is 9.53 Å². The Kier molecular flexibility index (Phi) is 4.86. The van der Waals surface area contributed by atoms with E-state index >= 15 is 0 Å². The number of nitrogens with one attached hydrogen (secondary N) is 1. The van der Waals surface area contributed by atoms with Crippen LogP contribution in [0.3, 0.4) is 0 Å². The van der Waals surface area contributed by atoms with Gasteiger partial charge in [0.05, 0.1) is 25.4 Å². The van der Waals surface area contributed by atoms with E-state index in [1.54, 1.807) is 7.11 Å². The number of carbonyl (C=O) groups is 2.